The number of rotatable bonds is 6. The number of aromatic nitrogens is 2. The second kappa shape index (κ2) is 6.57. The summed E-state index contributed by atoms with van der Waals surface area (Å²) >= 11 is 0. The molecule has 0 aliphatic rings. The summed E-state index contributed by atoms with van der Waals surface area (Å²) in [7, 11) is 3.67. The molecule has 1 atom stereocenters. The van der Waals surface area contributed by atoms with Crippen LogP contribution in [0.3, 0.4) is 0 Å². The van der Waals surface area contributed by atoms with Crippen molar-refractivity contribution < 1.29 is 4.74 Å². The Hall–Kier alpha value is -1.81. The molecule has 2 aromatic rings. The van der Waals surface area contributed by atoms with E-state index in [1.165, 1.54) is 11.3 Å². The van der Waals surface area contributed by atoms with Gasteiger partial charge in [0.2, 0.25) is 0 Å². The zero-order valence-corrected chi connectivity index (χ0v) is 12.5. The van der Waals surface area contributed by atoms with Crippen LogP contribution in [0.2, 0.25) is 0 Å². The number of hydrogen-bond donors (Lipinski definition) is 1. The molecule has 0 saturated carbocycles. The normalized spacial score (nSPS) is 12.4. The van der Waals surface area contributed by atoms with Gasteiger partial charge < -0.3 is 10.5 Å². The van der Waals surface area contributed by atoms with E-state index in [1.807, 2.05) is 30.8 Å². The fourth-order valence-electron chi connectivity index (χ4n) is 2.48. The number of nitrogens with zero attached hydrogens (tertiary/aromatic N) is 2. The molecule has 4 heteroatoms. The number of aryl methyl sites for hydroxylation is 2. The summed E-state index contributed by atoms with van der Waals surface area (Å²) in [6.07, 6.45) is 1.94. The lowest BCUT2D eigenvalue weighted by Gasteiger charge is -2.15. The summed E-state index contributed by atoms with van der Waals surface area (Å²) in [6, 6.07) is 10.3. The van der Waals surface area contributed by atoms with Gasteiger partial charge in [0.1, 0.15) is 5.75 Å². The average Bonchev–Trinajstić information content (AvgIpc) is 2.77. The van der Waals surface area contributed by atoms with Gasteiger partial charge in [-0.15, -0.1) is 0 Å². The van der Waals surface area contributed by atoms with Gasteiger partial charge >= 0.3 is 0 Å². The van der Waals surface area contributed by atoms with Crippen LogP contribution in [0, 0.1) is 12.8 Å². The molecule has 4 nitrogen and oxygen atoms in total. The van der Waals surface area contributed by atoms with Crippen LogP contribution in [0.5, 0.6) is 5.75 Å². The van der Waals surface area contributed by atoms with E-state index in [2.05, 4.69) is 23.3 Å². The minimum absolute atomic E-state index is 0.429. The molecule has 0 bridgehead atoms. The fraction of sp³-hybridized carbons (Fsp3) is 0.438. The van der Waals surface area contributed by atoms with Crippen LogP contribution in [0.25, 0.3) is 0 Å². The Bertz CT molecular complexity index is 545. The molecule has 1 aromatic carbocycles. The Balaban J connectivity index is 2.02. The first-order valence-corrected chi connectivity index (χ1v) is 6.95. The van der Waals surface area contributed by atoms with E-state index < -0.39 is 0 Å². The summed E-state index contributed by atoms with van der Waals surface area (Å²) in [6.45, 7) is 2.70. The van der Waals surface area contributed by atoms with Crippen molar-refractivity contribution in [2.75, 3.05) is 13.7 Å². The molecule has 0 aliphatic heterocycles. The van der Waals surface area contributed by atoms with Crippen molar-refractivity contribution in [3.8, 4) is 5.75 Å². The van der Waals surface area contributed by atoms with Gasteiger partial charge in [-0.25, -0.2) is 0 Å². The largest absolute Gasteiger partial charge is 0.497 e. The molecule has 2 N–H and O–H groups in total. The minimum atomic E-state index is 0.429. The van der Waals surface area contributed by atoms with Gasteiger partial charge in [0.15, 0.2) is 0 Å². The Morgan fingerprint density at radius 2 is 1.95 bits per heavy atom. The summed E-state index contributed by atoms with van der Waals surface area (Å²) in [4.78, 5) is 0. The maximum Gasteiger partial charge on any atom is 0.118 e. The molecule has 0 saturated heterocycles. The average molecular weight is 273 g/mol. The second-order valence-corrected chi connectivity index (χ2v) is 5.26. The molecule has 20 heavy (non-hydrogen) atoms. The molecule has 2 rings (SSSR count). The first kappa shape index (κ1) is 14.6. The van der Waals surface area contributed by atoms with E-state index >= 15 is 0 Å². The van der Waals surface area contributed by atoms with Crippen molar-refractivity contribution in [1.29, 1.82) is 0 Å². The molecular weight excluding hydrogens is 250 g/mol. The van der Waals surface area contributed by atoms with E-state index in [1.54, 1.807) is 7.11 Å². The third-order valence-corrected chi connectivity index (χ3v) is 3.61. The summed E-state index contributed by atoms with van der Waals surface area (Å²) in [5, 5.41) is 4.39. The molecule has 1 unspecified atom stereocenters. The van der Waals surface area contributed by atoms with Gasteiger partial charge in [-0.1, -0.05) is 12.1 Å². The maximum absolute atomic E-state index is 5.93. The number of nitrogens with two attached hydrogens (primary N) is 1. The summed E-state index contributed by atoms with van der Waals surface area (Å²) < 4.78 is 7.13. The van der Waals surface area contributed by atoms with E-state index in [9.17, 15) is 0 Å². The Labute approximate surface area is 120 Å². The molecule has 0 radical (unpaired) electrons. The summed E-state index contributed by atoms with van der Waals surface area (Å²) in [5.41, 5.74) is 9.52. The van der Waals surface area contributed by atoms with Gasteiger partial charge in [-0.05, 0) is 56.0 Å². The van der Waals surface area contributed by atoms with E-state index in [0.717, 1.165) is 24.3 Å². The van der Waals surface area contributed by atoms with Crippen molar-refractivity contribution in [2.45, 2.75) is 19.8 Å². The first-order chi connectivity index (χ1) is 9.62. The number of hydrogen-bond acceptors (Lipinski definition) is 3. The lowest BCUT2D eigenvalue weighted by atomic mass is 9.94. The molecule has 0 spiro atoms. The van der Waals surface area contributed by atoms with Crippen molar-refractivity contribution in [1.82, 2.24) is 9.78 Å². The fourth-order valence-corrected chi connectivity index (χ4v) is 2.48. The zero-order valence-electron chi connectivity index (χ0n) is 12.5. The van der Waals surface area contributed by atoms with E-state index in [4.69, 9.17) is 10.5 Å². The Kier molecular flexibility index (Phi) is 4.79. The number of benzene rings is 1. The third kappa shape index (κ3) is 3.61. The molecule has 0 fully saturated rings. The highest BCUT2D eigenvalue weighted by Crippen LogP contribution is 2.17. The lowest BCUT2D eigenvalue weighted by molar-refractivity contribution is 0.414. The monoisotopic (exact) mass is 273 g/mol. The van der Waals surface area contributed by atoms with Crippen molar-refractivity contribution in [3.05, 3.63) is 47.3 Å². The molecule has 1 aromatic heterocycles. The third-order valence-electron chi connectivity index (χ3n) is 3.61. The van der Waals surface area contributed by atoms with Crippen molar-refractivity contribution in [2.24, 2.45) is 18.7 Å². The highest BCUT2D eigenvalue weighted by Gasteiger charge is 2.12. The smallest absolute Gasteiger partial charge is 0.118 e. The van der Waals surface area contributed by atoms with Crippen LogP contribution in [-0.4, -0.2) is 23.4 Å². The zero-order chi connectivity index (χ0) is 14.5. The highest BCUT2D eigenvalue weighted by atomic mass is 16.5. The first-order valence-electron chi connectivity index (χ1n) is 6.95. The highest BCUT2D eigenvalue weighted by molar-refractivity contribution is 5.27. The van der Waals surface area contributed by atoms with Crippen molar-refractivity contribution in [3.63, 3.8) is 0 Å². The van der Waals surface area contributed by atoms with E-state index in [-0.39, 0.29) is 0 Å². The van der Waals surface area contributed by atoms with Crippen LogP contribution in [0.15, 0.2) is 30.3 Å². The maximum atomic E-state index is 5.93. The Morgan fingerprint density at radius 3 is 2.45 bits per heavy atom. The predicted octanol–water partition coefficient (Wildman–Crippen LogP) is 2.10. The van der Waals surface area contributed by atoms with Crippen molar-refractivity contribution >= 4 is 0 Å². The van der Waals surface area contributed by atoms with Crippen LogP contribution in [0.1, 0.15) is 17.0 Å². The summed E-state index contributed by atoms with van der Waals surface area (Å²) in [5.74, 6) is 1.32. The van der Waals surface area contributed by atoms with Crippen LogP contribution in [-0.2, 0) is 19.9 Å². The van der Waals surface area contributed by atoms with E-state index in [0.29, 0.717) is 12.5 Å². The standard InChI is InChI=1S/C16H23N3O/c1-12-8-15(19(2)18-12)10-14(11-17)9-13-4-6-16(20-3)7-5-13/h4-8,14H,9-11,17H2,1-3H3. The van der Waals surface area contributed by atoms with Gasteiger partial charge in [0, 0.05) is 12.7 Å². The number of ether oxygens (including phenoxy) is 1. The topological polar surface area (TPSA) is 53.1 Å². The quantitative estimate of drug-likeness (QED) is 0.877. The number of methoxy groups -OCH3 is 1. The van der Waals surface area contributed by atoms with Crippen LogP contribution in [0.4, 0.5) is 0 Å². The van der Waals surface area contributed by atoms with Gasteiger partial charge in [0.25, 0.3) is 0 Å². The predicted molar refractivity (Wildman–Crippen MR) is 80.9 cm³/mol. The lowest BCUT2D eigenvalue weighted by Crippen LogP contribution is -2.20. The molecule has 1 heterocycles. The molecule has 0 aliphatic carbocycles. The molecule has 0 amide bonds. The second-order valence-electron chi connectivity index (χ2n) is 5.26. The van der Waals surface area contributed by atoms with Crippen LogP contribution < -0.4 is 10.5 Å². The van der Waals surface area contributed by atoms with Gasteiger partial charge in [-0.3, -0.25) is 4.68 Å². The van der Waals surface area contributed by atoms with Crippen LogP contribution >= 0.6 is 0 Å². The Morgan fingerprint density at radius 1 is 1.25 bits per heavy atom. The van der Waals surface area contributed by atoms with Gasteiger partial charge in [0.05, 0.1) is 12.8 Å². The molecular formula is C16H23N3O. The SMILES string of the molecule is COc1ccc(CC(CN)Cc2cc(C)nn2C)cc1. The minimum Gasteiger partial charge on any atom is -0.497 e. The van der Waals surface area contributed by atoms with Gasteiger partial charge in [-0.2, -0.15) is 5.10 Å². The molecule has 108 valence electrons.